The minimum Gasteiger partial charge on any atom is -0.355 e. The maximum Gasteiger partial charge on any atom is 0.390 e. The number of nitrogens with one attached hydrogen (secondary N) is 1. The predicted octanol–water partition coefficient (Wildman–Crippen LogP) is 6.13. The Bertz CT molecular complexity index is 1500. The average Bonchev–Trinajstić information content (AvgIpc) is 3.16. The van der Waals surface area contributed by atoms with Gasteiger partial charge in [-0.1, -0.05) is 46.9 Å². The monoisotopic (exact) mass is 542 g/mol. The fraction of sp³-hybridized carbons (Fsp3) is 0.174. The van der Waals surface area contributed by atoms with Gasteiger partial charge in [-0.2, -0.15) is 13.2 Å². The largest absolute Gasteiger partial charge is 0.390 e. The third kappa shape index (κ3) is 5.03. The summed E-state index contributed by atoms with van der Waals surface area (Å²) >= 11 is 18.5. The van der Waals surface area contributed by atoms with Gasteiger partial charge in [0.15, 0.2) is 5.65 Å². The van der Waals surface area contributed by atoms with E-state index in [1.807, 2.05) is 0 Å². The highest BCUT2D eigenvalue weighted by Crippen LogP contribution is 2.35. The summed E-state index contributed by atoms with van der Waals surface area (Å²) in [6.45, 7) is -0.727. The van der Waals surface area contributed by atoms with E-state index in [1.54, 1.807) is 36.4 Å². The Hall–Kier alpha value is -3.01. The lowest BCUT2D eigenvalue weighted by molar-refractivity contribution is -0.136. The molecule has 0 saturated heterocycles. The summed E-state index contributed by atoms with van der Waals surface area (Å²) < 4.78 is 41.5. The van der Waals surface area contributed by atoms with Crippen molar-refractivity contribution in [2.45, 2.75) is 19.1 Å². The van der Waals surface area contributed by atoms with Crippen LogP contribution in [0.1, 0.15) is 16.8 Å². The molecule has 0 atom stereocenters. The van der Waals surface area contributed by atoms with Gasteiger partial charge in [-0.15, -0.1) is 5.10 Å². The molecule has 0 aliphatic rings. The lowest BCUT2D eigenvalue weighted by Gasteiger charge is -2.11. The average molecular weight is 544 g/mol. The van der Waals surface area contributed by atoms with Crippen LogP contribution in [0.15, 0.2) is 53.3 Å². The maximum absolute atomic E-state index is 13.1. The molecule has 2 aromatic heterocycles. The molecule has 35 heavy (non-hydrogen) atoms. The van der Waals surface area contributed by atoms with Gasteiger partial charge >= 0.3 is 6.18 Å². The van der Waals surface area contributed by atoms with Gasteiger partial charge in [-0.05, 0) is 36.4 Å². The normalized spacial score (nSPS) is 11.7. The lowest BCUT2D eigenvalue weighted by Crippen LogP contribution is -2.32. The van der Waals surface area contributed by atoms with Gasteiger partial charge in [-0.3, -0.25) is 14.2 Å². The van der Waals surface area contributed by atoms with Crippen molar-refractivity contribution in [3.05, 3.63) is 79.5 Å². The van der Waals surface area contributed by atoms with Crippen molar-refractivity contribution in [1.82, 2.24) is 19.7 Å². The molecular weight excluding hydrogens is 528 g/mol. The number of hydrogen-bond acceptors (Lipinski definition) is 3. The van der Waals surface area contributed by atoms with E-state index in [1.165, 1.54) is 23.9 Å². The molecule has 0 saturated carbocycles. The van der Waals surface area contributed by atoms with Gasteiger partial charge in [-0.25, -0.2) is 4.68 Å². The smallest absolute Gasteiger partial charge is 0.355 e. The Balaban J connectivity index is 2.12. The van der Waals surface area contributed by atoms with E-state index in [0.29, 0.717) is 27.0 Å². The van der Waals surface area contributed by atoms with Crippen molar-refractivity contribution in [3.8, 4) is 16.9 Å². The van der Waals surface area contributed by atoms with Crippen LogP contribution >= 0.6 is 34.8 Å². The molecule has 0 unspecified atom stereocenters. The lowest BCUT2D eigenvalue weighted by atomic mass is 10.1. The fourth-order valence-corrected chi connectivity index (χ4v) is 4.27. The van der Waals surface area contributed by atoms with Gasteiger partial charge in [0.25, 0.3) is 11.5 Å². The van der Waals surface area contributed by atoms with E-state index < -0.39 is 30.6 Å². The van der Waals surface area contributed by atoms with Crippen LogP contribution in [0.3, 0.4) is 0 Å². The van der Waals surface area contributed by atoms with Crippen LogP contribution in [0.4, 0.5) is 13.2 Å². The Kier molecular flexibility index (Phi) is 6.86. The molecule has 2 aromatic carbocycles. The molecule has 1 amide bonds. The van der Waals surface area contributed by atoms with E-state index in [0.717, 1.165) is 4.57 Å². The van der Waals surface area contributed by atoms with Gasteiger partial charge < -0.3 is 5.32 Å². The number of nitrogens with zero attached hydrogens (tertiary/aromatic N) is 3. The fourth-order valence-electron chi connectivity index (χ4n) is 3.65. The third-order valence-corrected chi connectivity index (χ3v) is 6.06. The molecular formula is C23H16Cl3F3N4O2. The van der Waals surface area contributed by atoms with Crippen LogP contribution in [0.2, 0.25) is 15.1 Å². The molecule has 4 aromatic rings. The molecule has 0 radical (unpaired) electrons. The molecule has 2 heterocycles. The van der Waals surface area contributed by atoms with Crippen LogP contribution in [0, 0.1) is 0 Å². The molecule has 0 spiro atoms. The number of pyridine rings is 1. The van der Waals surface area contributed by atoms with Crippen LogP contribution in [0.5, 0.6) is 0 Å². The molecule has 182 valence electrons. The molecule has 0 aliphatic carbocycles. The van der Waals surface area contributed by atoms with E-state index >= 15 is 0 Å². The zero-order chi connectivity index (χ0) is 25.5. The summed E-state index contributed by atoms with van der Waals surface area (Å²) in [7, 11) is 1.32. The van der Waals surface area contributed by atoms with Gasteiger partial charge in [0, 0.05) is 34.6 Å². The number of aryl methyl sites for hydroxylation is 1. The predicted molar refractivity (Wildman–Crippen MR) is 130 cm³/mol. The Morgan fingerprint density at radius 1 is 1.03 bits per heavy atom. The van der Waals surface area contributed by atoms with E-state index in [9.17, 15) is 22.8 Å². The van der Waals surface area contributed by atoms with Crippen LogP contribution < -0.4 is 10.9 Å². The summed E-state index contributed by atoms with van der Waals surface area (Å²) in [6.07, 6.45) is -5.82. The number of carbonyl (C=O) groups is 1. The van der Waals surface area contributed by atoms with Gasteiger partial charge in [0.2, 0.25) is 0 Å². The number of hydrogen-bond donors (Lipinski definition) is 1. The number of benzene rings is 2. The standard InChI is InChI=1S/C23H16Cl3F3N4O2/c1-30-21(34)16-11-15-19(12-2-4-13(24)5-3-12)33(18-7-6-14(25)10-17(18)26)31-20(15)32(22(16)35)9-8-23(27,28)29/h2-7,10-11H,8-9H2,1H3,(H,30,34). The van der Waals surface area contributed by atoms with Crippen molar-refractivity contribution >= 4 is 51.7 Å². The molecule has 6 nitrogen and oxygen atoms in total. The minimum absolute atomic E-state index is 0.0390. The molecule has 0 fully saturated rings. The Labute approximate surface area is 211 Å². The van der Waals surface area contributed by atoms with Crippen LogP contribution in [-0.4, -0.2) is 33.5 Å². The molecule has 0 aliphatic heterocycles. The maximum atomic E-state index is 13.1. The van der Waals surface area contributed by atoms with E-state index in [4.69, 9.17) is 34.8 Å². The summed E-state index contributed by atoms with van der Waals surface area (Å²) in [5.41, 5.74) is 0.0877. The van der Waals surface area contributed by atoms with Crippen LogP contribution in [-0.2, 0) is 6.54 Å². The van der Waals surface area contributed by atoms with Crippen molar-refractivity contribution in [3.63, 3.8) is 0 Å². The SMILES string of the molecule is CNC(=O)c1cc2c(-c3ccc(Cl)cc3)n(-c3ccc(Cl)cc3Cl)nc2n(CCC(F)(F)F)c1=O. The highest BCUT2D eigenvalue weighted by Gasteiger charge is 2.29. The Morgan fingerprint density at radius 2 is 1.69 bits per heavy atom. The van der Waals surface area contributed by atoms with Crippen LogP contribution in [0.25, 0.3) is 28.0 Å². The molecule has 1 N–H and O–H groups in total. The van der Waals surface area contributed by atoms with Crippen molar-refractivity contribution < 1.29 is 18.0 Å². The number of amides is 1. The van der Waals surface area contributed by atoms with Crippen molar-refractivity contribution in [2.24, 2.45) is 0 Å². The summed E-state index contributed by atoms with van der Waals surface area (Å²) in [6, 6.07) is 12.6. The summed E-state index contributed by atoms with van der Waals surface area (Å²) in [5, 5.41) is 8.16. The summed E-state index contributed by atoms with van der Waals surface area (Å²) in [5.74, 6) is -0.739. The first-order chi connectivity index (χ1) is 16.5. The van der Waals surface area contributed by atoms with Crippen molar-refractivity contribution in [1.29, 1.82) is 0 Å². The number of rotatable bonds is 5. The number of carbonyl (C=O) groups excluding carboxylic acids is 1. The first-order valence-electron chi connectivity index (χ1n) is 10.2. The number of fused-ring (bicyclic) bond motifs is 1. The molecule has 12 heteroatoms. The first kappa shape index (κ1) is 25.1. The number of alkyl halides is 3. The zero-order valence-corrected chi connectivity index (χ0v) is 20.2. The Morgan fingerprint density at radius 3 is 2.29 bits per heavy atom. The topological polar surface area (TPSA) is 68.9 Å². The quantitative estimate of drug-likeness (QED) is 0.329. The summed E-state index contributed by atoms with van der Waals surface area (Å²) in [4.78, 5) is 25.5. The van der Waals surface area contributed by atoms with Gasteiger partial charge in [0.05, 0.1) is 22.8 Å². The van der Waals surface area contributed by atoms with E-state index in [-0.39, 0.29) is 21.6 Å². The minimum atomic E-state index is -4.53. The van der Waals surface area contributed by atoms with E-state index in [2.05, 4.69) is 10.4 Å². The number of halogens is 6. The highest BCUT2D eigenvalue weighted by atomic mass is 35.5. The first-order valence-corrected chi connectivity index (χ1v) is 11.3. The third-order valence-electron chi connectivity index (χ3n) is 5.27. The second-order valence-corrected chi connectivity index (χ2v) is 8.84. The van der Waals surface area contributed by atoms with Gasteiger partial charge in [0.1, 0.15) is 5.56 Å². The highest BCUT2D eigenvalue weighted by molar-refractivity contribution is 6.35. The second-order valence-electron chi connectivity index (χ2n) is 7.56. The number of aromatic nitrogens is 3. The molecule has 4 rings (SSSR count). The zero-order valence-electron chi connectivity index (χ0n) is 18.0. The second kappa shape index (κ2) is 9.56. The molecule has 0 bridgehead atoms. The van der Waals surface area contributed by atoms with Crippen molar-refractivity contribution in [2.75, 3.05) is 7.05 Å².